The van der Waals surface area contributed by atoms with Gasteiger partial charge in [-0.1, -0.05) is 13.8 Å². The second-order valence-electron chi connectivity index (χ2n) is 5.52. The lowest BCUT2D eigenvalue weighted by atomic mass is 10.1. The summed E-state index contributed by atoms with van der Waals surface area (Å²) in [6, 6.07) is 2.16. The molecular formula is C12H23N3. The predicted octanol–water partition coefficient (Wildman–Crippen LogP) is 2.78. The highest BCUT2D eigenvalue weighted by Crippen LogP contribution is 2.24. The van der Waals surface area contributed by atoms with Gasteiger partial charge in [-0.2, -0.15) is 5.10 Å². The first-order valence-corrected chi connectivity index (χ1v) is 5.59. The van der Waals surface area contributed by atoms with E-state index in [0.29, 0.717) is 5.92 Å². The highest BCUT2D eigenvalue weighted by molar-refractivity contribution is 5.17. The van der Waals surface area contributed by atoms with Crippen molar-refractivity contribution in [2.75, 3.05) is 0 Å². The average molecular weight is 209 g/mol. The third-order valence-corrected chi connectivity index (χ3v) is 2.45. The molecule has 1 atom stereocenters. The molecule has 86 valence electrons. The Bertz CT molecular complexity index is 329. The molecule has 0 aliphatic rings. The van der Waals surface area contributed by atoms with Crippen LogP contribution in [0.25, 0.3) is 0 Å². The Kier molecular flexibility index (Phi) is 3.24. The largest absolute Gasteiger partial charge is 0.323 e. The first kappa shape index (κ1) is 12.2. The van der Waals surface area contributed by atoms with Gasteiger partial charge < -0.3 is 5.73 Å². The van der Waals surface area contributed by atoms with E-state index < -0.39 is 0 Å². The first-order chi connectivity index (χ1) is 6.73. The molecule has 0 spiro atoms. The third kappa shape index (κ3) is 2.59. The summed E-state index contributed by atoms with van der Waals surface area (Å²) in [7, 11) is 0. The van der Waals surface area contributed by atoms with E-state index in [-0.39, 0.29) is 11.6 Å². The van der Waals surface area contributed by atoms with E-state index in [1.807, 2.05) is 11.6 Å². The minimum atomic E-state index is -0.00387. The van der Waals surface area contributed by atoms with Crippen molar-refractivity contribution in [1.29, 1.82) is 0 Å². The fraction of sp³-hybridized carbons (Fsp3) is 0.750. The summed E-state index contributed by atoms with van der Waals surface area (Å²) in [5, 5.41) is 4.64. The van der Waals surface area contributed by atoms with Gasteiger partial charge in [0, 0.05) is 6.04 Å². The van der Waals surface area contributed by atoms with E-state index >= 15 is 0 Å². The second-order valence-corrected chi connectivity index (χ2v) is 5.52. The molecule has 2 N–H and O–H groups in total. The number of rotatable bonds is 2. The summed E-state index contributed by atoms with van der Waals surface area (Å²) < 4.78 is 2.05. The van der Waals surface area contributed by atoms with E-state index in [4.69, 9.17) is 5.73 Å². The van der Waals surface area contributed by atoms with Crippen LogP contribution in [0.5, 0.6) is 0 Å². The molecule has 1 unspecified atom stereocenters. The van der Waals surface area contributed by atoms with Crippen molar-refractivity contribution < 1.29 is 0 Å². The fourth-order valence-electron chi connectivity index (χ4n) is 1.56. The van der Waals surface area contributed by atoms with Gasteiger partial charge in [0.15, 0.2) is 0 Å². The van der Waals surface area contributed by atoms with Gasteiger partial charge in [0.1, 0.15) is 0 Å². The molecule has 0 saturated heterocycles. The lowest BCUT2D eigenvalue weighted by Crippen LogP contribution is -2.27. The monoisotopic (exact) mass is 209 g/mol. The molecule has 0 saturated carbocycles. The topological polar surface area (TPSA) is 43.8 Å². The van der Waals surface area contributed by atoms with Crippen molar-refractivity contribution in [2.45, 2.75) is 59.0 Å². The van der Waals surface area contributed by atoms with Crippen molar-refractivity contribution in [2.24, 2.45) is 5.73 Å². The van der Waals surface area contributed by atoms with Crippen LogP contribution in [0.4, 0.5) is 0 Å². The quantitative estimate of drug-likeness (QED) is 0.814. The van der Waals surface area contributed by atoms with Crippen LogP contribution in [-0.4, -0.2) is 9.78 Å². The normalized spacial score (nSPS) is 14.7. The smallest absolute Gasteiger partial charge is 0.0653 e. The number of nitrogens with two attached hydrogens (primary N) is 1. The highest BCUT2D eigenvalue weighted by atomic mass is 15.3. The zero-order valence-electron chi connectivity index (χ0n) is 10.7. The number of aromatic nitrogens is 2. The first-order valence-electron chi connectivity index (χ1n) is 5.59. The summed E-state index contributed by atoms with van der Waals surface area (Å²) >= 11 is 0. The Hall–Kier alpha value is -0.830. The van der Waals surface area contributed by atoms with Crippen molar-refractivity contribution >= 4 is 0 Å². The molecule has 0 aliphatic heterocycles. The average Bonchev–Trinajstić information content (AvgIpc) is 2.45. The van der Waals surface area contributed by atoms with Gasteiger partial charge in [0.2, 0.25) is 0 Å². The SMILES string of the molecule is CC(C)c1cc(C(C)N)n(C(C)(C)C)n1. The molecule has 0 aliphatic carbocycles. The van der Waals surface area contributed by atoms with Gasteiger partial charge >= 0.3 is 0 Å². The van der Waals surface area contributed by atoms with Crippen LogP contribution in [0.3, 0.4) is 0 Å². The Balaban J connectivity index is 3.24. The lowest BCUT2D eigenvalue weighted by molar-refractivity contribution is 0.335. The second kappa shape index (κ2) is 3.97. The number of nitrogens with zero attached hydrogens (tertiary/aromatic N) is 2. The molecular weight excluding hydrogens is 186 g/mol. The molecule has 3 nitrogen and oxygen atoms in total. The van der Waals surface area contributed by atoms with Gasteiger partial charge in [-0.05, 0) is 39.7 Å². The van der Waals surface area contributed by atoms with Gasteiger partial charge in [0.05, 0.1) is 16.9 Å². The van der Waals surface area contributed by atoms with Crippen molar-refractivity contribution in [1.82, 2.24) is 9.78 Å². The van der Waals surface area contributed by atoms with Crippen LogP contribution in [0, 0.1) is 0 Å². The van der Waals surface area contributed by atoms with Crippen LogP contribution in [-0.2, 0) is 5.54 Å². The molecule has 0 amide bonds. The van der Waals surface area contributed by atoms with E-state index in [1.54, 1.807) is 0 Å². The van der Waals surface area contributed by atoms with Gasteiger partial charge in [-0.15, -0.1) is 0 Å². The molecule has 1 heterocycles. The molecule has 0 fully saturated rings. The molecule has 0 bridgehead atoms. The van der Waals surface area contributed by atoms with Crippen LogP contribution in [0.2, 0.25) is 0 Å². The molecule has 1 aromatic rings. The molecule has 15 heavy (non-hydrogen) atoms. The molecule has 3 heteroatoms. The lowest BCUT2D eigenvalue weighted by Gasteiger charge is -2.23. The van der Waals surface area contributed by atoms with Crippen LogP contribution < -0.4 is 5.73 Å². The maximum atomic E-state index is 5.96. The standard InChI is InChI=1S/C12H23N3/c1-8(2)10-7-11(9(3)13)15(14-10)12(4,5)6/h7-9H,13H2,1-6H3. The zero-order valence-corrected chi connectivity index (χ0v) is 10.7. The van der Waals surface area contributed by atoms with E-state index in [1.165, 1.54) is 0 Å². The zero-order chi connectivity index (χ0) is 11.8. The van der Waals surface area contributed by atoms with E-state index in [2.05, 4.69) is 45.8 Å². The number of hydrogen-bond acceptors (Lipinski definition) is 2. The van der Waals surface area contributed by atoms with Gasteiger partial charge in [0.25, 0.3) is 0 Å². The summed E-state index contributed by atoms with van der Waals surface area (Å²) in [4.78, 5) is 0. The fourth-order valence-corrected chi connectivity index (χ4v) is 1.56. The summed E-state index contributed by atoms with van der Waals surface area (Å²) in [6.07, 6.45) is 0. The Morgan fingerprint density at radius 2 is 1.80 bits per heavy atom. The maximum Gasteiger partial charge on any atom is 0.0653 e. The van der Waals surface area contributed by atoms with Crippen LogP contribution >= 0.6 is 0 Å². The van der Waals surface area contributed by atoms with Crippen LogP contribution in [0.1, 0.15) is 64.9 Å². The Morgan fingerprint density at radius 3 is 2.07 bits per heavy atom. The van der Waals surface area contributed by atoms with Crippen molar-refractivity contribution in [3.8, 4) is 0 Å². The molecule has 1 aromatic heterocycles. The Morgan fingerprint density at radius 1 is 1.27 bits per heavy atom. The van der Waals surface area contributed by atoms with Crippen molar-refractivity contribution in [3.63, 3.8) is 0 Å². The number of hydrogen-bond donors (Lipinski definition) is 1. The minimum absolute atomic E-state index is 0.00387. The summed E-state index contributed by atoms with van der Waals surface area (Å²) in [5.41, 5.74) is 8.20. The predicted molar refractivity (Wildman–Crippen MR) is 63.9 cm³/mol. The summed E-state index contributed by atoms with van der Waals surface area (Å²) in [6.45, 7) is 12.8. The minimum Gasteiger partial charge on any atom is -0.323 e. The van der Waals surface area contributed by atoms with Gasteiger partial charge in [-0.25, -0.2) is 0 Å². The summed E-state index contributed by atoms with van der Waals surface area (Å²) in [5.74, 6) is 0.450. The van der Waals surface area contributed by atoms with Crippen LogP contribution in [0.15, 0.2) is 6.07 Å². The molecule has 0 aromatic carbocycles. The van der Waals surface area contributed by atoms with E-state index in [9.17, 15) is 0 Å². The molecule has 1 rings (SSSR count). The molecule has 0 radical (unpaired) electrons. The van der Waals surface area contributed by atoms with Crippen molar-refractivity contribution in [3.05, 3.63) is 17.5 Å². The van der Waals surface area contributed by atoms with Gasteiger partial charge in [-0.3, -0.25) is 4.68 Å². The Labute approximate surface area is 92.7 Å². The highest BCUT2D eigenvalue weighted by Gasteiger charge is 2.21. The van der Waals surface area contributed by atoms with E-state index in [0.717, 1.165) is 11.4 Å². The maximum absolute atomic E-state index is 5.96. The third-order valence-electron chi connectivity index (χ3n) is 2.45.